The van der Waals surface area contributed by atoms with Crippen molar-refractivity contribution < 1.29 is 13.9 Å². The first-order valence-electron chi connectivity index (χ1n) is 9.11. The van der Waals surface area contributed by atoms with Crippen molar-refractivity contribution in [1.29, 1.82) is 0 Å². The first-order chi connectivity index (χ1) is 13.6. The summed E-state index contributed by atoms with van der Waals surface area (Å²) in [4.78, 5) is 24.2. The second-order valence-corrected chi connectivity index (χ2v) is 6.24. The van der Waals surface area contributed by atoms with Crippen LogP contribution in [-0.4, -0.2) is 34.1 Å². The first-order valence-corrected chi connectivity index (χ1v) is 9.11. The molecule has 1 amide bonds. The number of aromatic nitrogens is 3. The molecule has 3 rings (SSSR count). The summed E-state index contributed by atoms with van der Waals surface area (Å²) in [7, 11) is 0. The lowest BCUT2D eigenvalue weighted by Crippen LogP contribution is -2.29. The quantitative estimate of drug-likeness (QED) is 0.572. The number of hydrogen-bond acceptors (Lipinski definition) is 5. The van der Waals surface area contributed by atoms with E-state index in [1.165, 1.54) is 16.8 Å². The van der Waals surface area contributed by atoms with Crippen LogP contribution in [0.1, 0.15) is 19.3 Å². The van der Waals surface area contributed by atoms with Gasteiger partial charge in [0, 0.05) is 13.0 Å². The van der Waals surface area contributed by atoms with E-state index < -0.39 is 0 Å². The number of fused-ring (bicyclic) bond motifs is 1. The van der Waals surface area contributed by atoms with E-state index in [0.717, 1.165) is 12.8 Å². The van der Waals surface area contributed by atoms with Crippen LogP contribution in [0.25, 0.3) is 10.9 Å². The number of aryl methyl sites for hydroxylation is 1. The molecule has 2 aromatic carbocycles. The molecule has 0 radical (unpaired) electrons. The Balaban J connectivity index is 1.34. The van der Waals surface area contributed by atoms with Crippen molar-refractivity contribution in [2.24, 2.45) is 0 Å². The van der Waals surface area contributed by atoms with E-state index in [1.54, 1.807) is 36.4 Å². The summed E-state index contributed by atoms with van der Waals surface area (Å²) in [6, 6.07) is 12.8. The van der Waals surface area contributed by atoms with Gasteiger partial charge in [0.1, 0.15) is 17.1 Å². The third-order valence-corrected chi connectivity index (χ3v) is 4.16. The molecule has 0 aliphatic carbocycles. The van der Waals surface area contributed by atoms with Gasteiger partial charge in [-0.05, 0) is 49.2 Å². The molecule has 0 unspecified atom stereocenters. The van der Waals surface area contributed by atoms with Crippen LogP contribution in [0.3, 0.4) is 0 Å². The number of halogens is 1. The topological polar surface area (TPSA) is 86.1 Å². The third kappa shape index (κ3) is 5.35. The van der Waals surface area contributed by atoms with E-state index in [1.807, 2.05) is 0 Å². The molecule has 3 aromatic rings. The van der Waals surface area contributed by atoms with Crippen LogP contribution in [-0.2, 0) is 11.3 Å². The molecule has 146 valence electrons. The number of nitrogens with zero attached hydrogens (tertiary/aromatic N) is 3. The van der Waals surface area contributed by atoms with E-state index in [0.29, 0.717) is 29.8 Å². The van der Waals surface area contributed by atoms with Gasteiger partial charge >= 0.3 is 0 Å². The highest BCUT2D eigenvalue weighted by molar-refractivity contribution is 5.77. The highest BCUT2D eigenvalue weighted by atomic mass is 19.1. The van der Waals surface area contributed by atoms with Crippen molar-refractivity contribution in [2.45, 2.75) is 25.8 Å². The fourth-order valence-corrected chi connectivity index (χ4v) is 2.64. The smallest absolute Gasteiger partial charge is 0.277 e. The Hall–Kier alpha value is -3.29. The van der Waals surface area contributed by atoms with Gasteiger partial charge in [0.25, 0.3) is 5.56 Å². The largest absolute Gasteiger partial charge is 0.494 e. The number of amides is 1. The van der Waals surface area contributed by atoms with Crippen LogP contribution in [0, 0.1) is 5.82 Å². The Morgan fingerprint density at radius 3 is 2.71 bits per heavy atom. The number of ether oxygens (including phenoxy) is 1. The Labute approximate surface area is 161 Å². The van der Waals surface area contributed by atoms with Crippen molar-refractivity contribution >= 4 is 16.8 Å². The maximum absolute atomic E-state index is 12.8. The Morgan fingerprint density at radius 1 is 1.11 bits per heavy atom. The number of carbonyl (C=O) groups is 1. The molecule has 0 aliphatic heterocycles. The van der Waals surface area contributed by atoms with Gasteiger partial charge in [0.2, 0.25) is 5.91 Å². The molecule has 0 fully saturated rings. The van der Waals surface area contributed by atoms with Gasteiger partial charge in [0.15, 0.2) is 0 Å². The molecule has 0 saturated carbocycles. The monoisotopic (exact) mass is 384 g/mol. The molecular weight excluding hydrogens is 363 g/mol. The van der Waals surface area contributed by atoms with Crippen LogP contribution in [0.5, 0.6) is 5.75 Å². The molecule has 1 N–H and O–H groups in total. The van der Waals surface area contributed by atoms with Crippen LogP contribution in [0.2, 0.25) is 0 Å². The normalized spacial score (nSPS) is 10.8. The molecule has 28 heavy (non-hydrogen) atoms. The molecule has 0 aliphatic rings. The van der Waals surface area contributed by atoms with Crippen LogP contribution < -0.4 is 15.6 Å². The van der Waals surface area contributed by atoms with Crippen molar-refractivity contribution in [2.75, 3.05) is 13.2 Å². The van der Waals surface area contributed by atoms with Gasteiger partial charge in [0.05, 0.1) is 18.5 Å². The molecule has 0 spiro atoms. The SMILES string of the molecule is O=C(CCn1nnc2ccccc2c1=O)NCCCCOc1ccc(F)cc1. The number of unbranched alkanes of at least 4 members (excludes halogenated alkanes) is 1. The minimum absolute atomic E-state index is 0.152. The lowest BCUT2D eigenvalue weighted by Gasteiger charge is -2.08. The van der Waals surface area contributed by atoms with Gasteiger partial charge in [-0.15, -0.1) is 5.10 Å². The standard InChI is InChI=1S/C20H21FN4O3/c21-15-7-9-16(10-8-15)28-14-4-3-12-22-19(26)11-13-25-20(27)17-5-1-2-6-18(17)23-24-25/h1-2,5-10H,3-4,11-14H2,(H,22,26). The van der Waals surface area contributed by atoms with Crippen molar-refractivity contribution in [1.82, 2.24) is 20.3 Å². The molecule has 7 nitrogen and oxygen atoms in total. The Bertz CT molecular complexity index is 989. The fourth-order valence-electron chi connectivity index (χ4n) is 2.64. The number of carbonyl (C=O) groups excluding carboxylic acids is 1. The number of rotatable bonds is 9. The van der Waals surface area contributed by atoms with Crippen LogP contribution in [0.4, 0.5) is 4.39 Å². The lowest BCUT2D eigenvalue weighted by atomic mass is 10.2. The molecule has 1 aromatic heterocycles. The van der Waals surface area contributed by atoms with Gasteiger partial charge in [-0.3, -0.25) is 9.59 Å². The van der Waals surface area contributed by atoms with Crippen LogP contribution in [0.15, 0.2) is 53.3 Å². The summed E-state index contributed by atoms with van der Waals surface area (Å²) in [5, 5.41) is 11.2. The third-order valence-electron chi connectivity index (χ3n) is 4.16. The predicted octanol–water partition coefficient (Wildman–Crippen LogP) is 2.30. The van der Waals surface area contributed by atoms with Gasteiger partial charge < -0.3 is 10.1 Å². The molecular formula is C20H21FN4O3. The molecule has 0 bridgehead atoms. The number of nitrogens with one attached hydrogen (secondary N) is 1. The summed E-state index contributed by atoms with van der Waals surface area (Å²) in [6.07, 6.45) is 1.66. The zero-order chi connectivity index (χ0) is 19.8. The summed E-state index contributed by atoms with van der Waals surface area (Å²) < 4.78 is 19.5. The van der Waals surface area contributed by atoms with E-state index in [2.05, 4.69) is 15.6 Å². The average molecular weight is 384 g/mol. The molecule has 8 heteroatoms. The Kier molecular flexibility index (Phi) is 6.67. The predicted molar refractivity (Wildman–Crippen MR) is 103 cm³/mol. The second-order valence-electron chi connectivity index (χ2n) is 6.24. The fraction of sp³-hybridized carbons (Fsp3) is 0.300. The van der Waals surface area contributed by atoms with E-state index in [4.69, 9.17) is 4.74 Å². The highest BCUT2D eigenvalue weighted by Crippen LogP contribution is 2.11. The maximum atomic E-state index is 12.8. The average Bonchev–Trinajstić information content (AvgIpc) is 2.71. The molecule has 0 saturated heterocycles. The zero-order valence-corrected chi connectivity index (χ0v) is 15.3. The molecule has 1 heterocycles. The lowest BCUT2D eigenvalue weighted by molar-refractivity contribution is -0.121. The number of hydrogen-bond donors (Lipinski definition) is 1. The van der Waals surface area contributed by atoms with E-state index in [9.17, 15) is 14.0 Å². The minimum atomic E-state index is -0.299. The highest BCUT2D eigenvalue weighted by Gasteiger charge is 2.07. The van der Waals surface area contributed by atoms with Crippen molar-refractivity contribution in [3.05, 3.63) is 64.7 Å². The summed E-state index contributed by atoms with van der Waals surface area (Å²) in [5.74, 6) is 0.167. The minimum Gasteiger partial charge on any atom is -0.494 e. The summed E-state index contributed by atoms with van der Waals surface area (Å²) in [5.41, 5.74) is 0.285. The summed E-state index contributed by atoms with van der Waals surface area (Å²) >= 11 is 0. The molecule has 0 atom stereocenters. The van der Waals surface area contributed by atoms with Crippen LogP contribution >= 0.6 is 0 Å². The van der Waals surface area contributed by atoms with Crippen molar-refractivity contribution in [3.8, 4) is 5.75 Å². The first kappa shape index (κ1) is 19.5. The number of benzene rings is 2. The maximum Gasteiger partial charge on any atom is 0.277 e. The Morgan fingerprint density at radius 2 is 1.89 bits per heavy atom. The second kappa shape index (κ2) is 9.59. The van der Waals surface area contributed by atoms with Crippen molar-refractivity contribution in [3.63, 3.8) is 0 Å². The van der Waals surface area contributed by atoms with Gasteiger partial charge in [-0.1, -0.05) is 17.3 Å². The van der Waals surface area contributed by atoms with Gasteiger partial charge in [-0.2, -0.15) is 0 Å². The van der Waals surface area contributed by atoms with E-state index >= 15 is 0 Å². The van der Waals surface area contributed by atoms with Gasteiger partial charge in [-0.25, -0.2) is 9.07 Å². The van der Waals surface area contributed by atoms with E-state index in [-0.39, 0.29) is 30.2 Å². The zero-order valence-electron chi connectivity index (χ0n) is 15.3. The summed E-state index contributed by atoms with van der Waals surface area (Å²) in [6.45, 7) is 1.18.